The standard InChI is InChI=1S/C22H34O4/c1-14(24)26-18-19(2)8-5-16-20(3)9-7-17(25)21(4,13-23)15(20)6-10-22(16,18)12-11-19/h11-12,15-18,23,25H,5-10,13H2,1-4H3/t15-,16-,17+,18-,19+,20+,21+,22+/m0/s1. The van der Waals surface area contributed by atoms with Crippen molar-refractivity contribution in [2.75, 3.05) is 6.61 Å². The van der Waals surface area contributed by atoms with Gasteiger partial charge in [-0.1, -0.05) is 32.9 Å². The Morgan fingerprint density at radius 3 is 2.42 bits per heavy atom. The molecule has 8 atom stereocenters. The van der Waals surface area contributed by atoms with E-state index in [1.54, 1.807) is 0 Å². The van der Waals surface area contributed by atoms with E-state index in [4.69, 9.17) is 4.74 Å². The van der Waals surface area contributed by atoms with Gasteiger partial charge in [0.05, 0.1) is 12.7 Å². The number of aliphatic hydroxyl groups is 2. The van der Waals surface area contributed by atoms with E-state index in [-0.39, 0.29) is 34.9 Å². The first-order chi connectivity index (χ1) is 12.1. The number of carbonyl (C=O) groups is 1. The second-order valence-corrected chi connectivity index (χ2v) is 10.3. The fourth-order valence-corrected chi connectivity index (χ4v) is 7.74. The summed E-state index contributed by atoms with van der Waals surface area (Å²) in [6.07, 6.45) is 10.0. The van der Waals surface area contributed by atoms with Gasteiger partial charge in [-0.15, -0.1) is 0 Å². The Morgan fingerprint density at radius 1 is 1.08 bits per heavy atom. The van der Waals surface area contributed by atoms with Gasteiger partial charge in [-0.05, 0) is 55.8 Å². The van der Waals surface area contributed by atoms with Gasteiger partial charge in [-0.3, -0.25) is 4.79 Å². The minimum absolute atomic E-state index is 0.0368. The quantitative estimate of drug-likeness (QED) is 0.583. The molecule has 4 rings (SSSR count). The number of esters is 1. The third-order valence-electron chi connectivity index (χ3n) is 9.08. The predicted octanol–water partition coefficient (Wildman–Crippen LogP) is 3.46. The van der Waals surface area contributed by atoms with Crippen LogP contribution in [0.3, 0.4) is 0 Å². The number of hydrogen-bond acceptors (Lipinski definition) is 4. The maximum Gasteiger partial charge on any atom is 0.302 e. The SMILES string of the molecule is CC(=O)O[C@@H]1[C@]23C=C[C@@]1(C)CC[C@H]2[C@]1(C)CC[C@@H](O)[C@](C)(CO)[C@H]1CC3. The Kier molecular flexibility index (Phi) is 3.96. The highest BCUT2D eigenvalue weighted by molar-refractivity contribution is 5.66. The van der Waals surface area contributed by atoms with Gasteiger partial charge in [0.2, 0.25) is 0 Å². The van der Waals surface area contributed by atoms with E-state index < -0.39 is 11.5 Å². The topological polar surface area (TPSA) is 66.8 Å². The summed E-state index contributed by atoms with van der Waals surface area (Å²) >= 11 is 0. The van der Waals surface area contributed by atoms with Crippen LogP contribution in [0.25, 0.3) is 0 Å². The molecule has 0 aromatic heterocycles. The van der Waals surface area contributed by atoms with Gasteiger partial charge in [-0.25, -0.2) is 0 Å². The number of hydrogen-bond donors (Lipinski definition) is 2. The molecular weight excluding hydrogens is 328 g/mol. The second-order valence-electron chi connectivity index (χ2n) is 10.3. The molecule has 2 N–H and O–H groups in total. The van der Waals surface area contributed by atoms with Gasteiger partial charge < -0.3 is 14.9 Å². The highest BCUT2D eigenvalue weighted by atomic mass is 16.5. The predicted molar refractivity (Wildman–Crippen MR) is 99.2 cm³/mol. The maximum atomic E-state index is 11.9. The summed E-state index contributed by atoms with van der Waals surface area (Å²) in [6.45, 7) is 8.24. The first-order valence-electron chi connectivity index (χ1n) is 10.3. The molecule has 26 heavy (non-hydrogen) atoms. The van der Waals surface area contributed by atoms with Crippen LogP contribution < -0.4 is 0 Å². The summed E-state index contributed by atoms with van der Waals surface area (Å²) in [5.74, 6) is 0.551. The number of rotatable bonds is 2. The van der Waals surface area contributed by atoms with Crippen LogP contribution in [0, 0.1) is 33.5 Å². The van der Waals surface area contributed by atoms with E-state index in [9.17, 15) is 15.0 Å². The first kappa shape index (κ1) is 18.5. The molecule has 0 aromatic rings. The highest BCUT2D eigenvalue weighted by Crippen LogP contribution is 2.72. The van der Waals surface area contributed by atoms with Crippen LogP contribution in [0.2, 0.25) is 0 Å². The zero-order chi connectivity index (χ0) is 19.0. The third kappa shape index (κ3) is 2.12. The van der Waals surface area contributed by atoms with Crippen molar-refractivity contribution in [3.63, 3.8) is 0 Å². The van der Waals surface area contributed by atoms with E-state index in [2.05, 4.69) is 32.9 Å². The number of ether oxygens (including phenoxy) is 1. The second kappa shape index (κ2) is 5.57. The Balaban J connectivity index is 1.77. The van der Waals surface area contributed by atoms with Crippen molar-refractivity contribution >= 4 is 5.97 Å². The van der Waals surface area contributed by atoms with Crippen molar-refractivity contribution < 1.29 is 19.7 Å². The zero-order valence-corrected chi connectivity index (χ0v) is 16.6. The molecule has 0 aromatic carbocycles. The lowest BCUT2D eigenvalue weighted by atomic mass is 9.39. The third-order valence-corrected chi connectivity index (χ3v) is 9.08. The molecule has 4 aliphatic carbocycles. The van der Waals surface area contributed by atoms with E-state index in [0.717, 1.165) is 38.5 Å². The molecule has 2 bridgehead atoms. The van der Waals surface area contributed by atoms with E-state index in [1.807, 2.05) is 0 Å². The van der Waals surface area contributed by atoms with Crippen molar-refractivity contribution in [1.29, 1.82) is 0 Å². The molecule has 0 amide bonds. The van der Waals surface area contributed by atoms with Gasteiger partial charge in [0, 0.05) is 23.2 Å². The van der Waals surface area contributed by atoms with Gasteiger partial charge in [0.25, 0.3) is 0 Å². The van der Waals surface area contributed by atoms with Crippen molar-refractivity contribution in [1.82, 2.24) is 0 Å². The normalized spacial score (nSPS) is 55.2. The van der Waals surface area contributed by atoms with Crippen molar-refractivity contribution in [3.05, 3.63) is 12.2 Å². The molecule has 4 heteroatoms. The average Bonchev–Trinajstić information content (AvgIpc) is 2.75. The molecule has 0 aliphatic heterocycles. The summed E-state index contributed by atoms with van der Waals surface area (Å²) < 4.78 is 5.97. The molecule has 0 radical (unpaired) electrons. The van der Waals surface area contributed by atoms with E-state index in [1.165, 1.54) is 6.92 Å². The van der Waals surface area contributed by atoms with Gasteiger partial charge in [0.1, 0.15) is 6.10 Å². The number of carbonyl (C=O) groups excluding carboxylic acids is 1. The van der Waals surface area contributed by atoms with Gasteiger partial charge in [-0.2, -0.15) is 0 Å². The van der Waals surface area contributed by atoms with Crippen LogP contribution in [0.1, 0.15) is 66.2 Å². The molecule has 1 spiro atoms. The number of aliphatic hydroxyl groups excluding tert-OH is 2. The fourth-order valence-electron chi connectivity index (χ4n) is 7.74. The highest BCUT2D eigenvalue weighted by Gasteiger charge is 2.69. The maximum absolute atomic E-state index is 11.9. The van der Waals surface area contributed by atoms with Crippen LogP contribution in [0.5, 0.6) is 0 Å². The van der Waals surface area contributed by atoms with Crippen molar-refractivity contribution in [2.24, 2.45) is 33.5 Å². The minimum atomic E-state index is -0.436. The van der Waals surface area contributed by atoms with Gasteiger partial charge >= 0.3 is 5.97 Å². The van der Waals surface area contributed by atoms with Gasteiger partial charge in [0.15, 0.2) is 0 Å². The molecule has 4 aliphatic rings. The van der Waals surface area contributed by atoms with Crippen LogP contribution in [-0.2, 0) is 9.53 Å². The first-order valence-corrected chi connectivity index (χ1v) is 10.3. The summed E-state index contributed by atoms with van der Waals surface area (Å²) in [7, 11) is 0. The molecule has 146 valence electrons. The molecule has 3 saturated carbocycles. The Bertz CT molecular complexity index is 644. The van der Waals surface area contributed by atoms with E-state index >= 15 is 0 Å². The van der Waals surface area contributed by atoms with Crippen LogP contribution in [-0.4, -0.2) is 35.0 Å². The lowest BCUT2D eigenvalue weighted by molar-refractivity contribution is -0.224. The zero-order valence-electron chi connectivity index (χ0n) is 16.6. The smallest absolute Gasteiger partial charge is 0.302 e. The average molecular weight is 363 g/mol. The Hall–Kier alpha value is -0.870. The molecular formula is C22H34O4. The molecule has 0 saturated heterocycles. The fraction of sp³-hybridized carbons (Fsp3) is 0.864. The number of fused-ring (bicyclic) bond motifs is 3. The summed E-state index contributed by atoms with van der Waals surface area (Å²) in [6, 6.07) is 0. The van der Waals surface area contributed by atoms with E-state index in [0.29, 0.717) is 11.8 Å². The monoisotopic (exact) mass is 362 g/mol. The molecule has 4 nitrogen and oxygen atoms in total. The summed E-state index contributed by atoms with van der Waals surface area (Å²) in [4.78, 5) is 11.9. The van der Waals surface area contributed by atoms with Crippen LogP contribution in [0.15, 0.2) is 12.2 Å². The summed E-state index contributed by atoms with van der Waals surface area (Å²) in [5.41, 5.74) is -0.514. The molecule has 0 unspecified atom stereocenters. The van der Waals surface area contributed by atoms with Crippen molar-refractivity contribution in [2.45, 2.75) is 78.4 Å². The lowest BCUT2D eigenvalue weighted by Gasteiger charge is -2.66. The summed E-state index contributed by atoms with van der Waals surface area (Å²) in [5, 5.41) is 20.8. The minimum Gasteiger partial charge on any atom is -0.461 e. The van der Waals surface area contributed by atoms with Crippen molar-refractivity contribution in [3.8, 4) is 0 Å². The van der Waals surface area contributed by atoms with Crippen LogP contribution in [0.4, 0.5) is 0 Å². The Morgan fingerprint density at radius 2 is 1.77 bits per heavy atom. The largest absolute Gasteiger partial charge is 0.461 e. The molecule has 0 heterocycles. The Labute approximate surface area is 157 Å². The van der Waals surface area contributed by atoms with Crippen LogP contribution >= 0.6 is 0 Å². The molecule has 3 fully saturated rings. The lowest BCUT2D eigenvalue weighted by Crippen LogP contribution is -2.64.